The third-order valence-electron chi connectivity index (χ3n) is 4.45. The number of hydrogen-bond donors (Lipinski definition) is 1. The molecular weight excluding hydrogens is 174 g/mol. The van der Waals surface area contributed by atoms with Gasteiger partial charge in [0.25, 0.3) is 0 Å². The zero-order valence-corrected chi connectivity index (χ0v) is 9.09. The molecule has 0 aromatic rings. The van der Waals surface area contributed by atoms with E-state index in [0.717, 1.165) is 18.7 Å². The summed E-state index contributed by atoms with van der Waals surface area (Å²) in [7, 11) is 0. The van der Waals surface area contributed by atoms with Crippen LogP contribution in [0.25, 0.3) is 0 Å². The molecule has 3 saturated carbocycles. The maximum absolute atomic E-state index is 5.83. The first-order valence-corrected chi connectivity index (χ1v) is 6.23. The zero-order chi connectivity index (χ0) is 9.60. The highest BCUT2D eigenvalue weighted by Crippen LogP contribution is 2.57. The fraction of sp³-hybridized carbons (Fsp3) is 1.00. The summed E-state index contributed by atoms with van der Waals surface area (Å²) in [4.78, 5) is 0. The van der Waals surface area contributed by atoms with Gasteiger partial charge in [0.15, 0.2) is 0 Å². The average molecular weight is 195 g/mol. The first kappa shape index (κ1) is 9.17. The van der Waals surface area contributed by atoms with E-state index in [1.807, 2.05) is 0 Å². The zero-order valence-electron chi connectivity index (χ0n) is 9.09. The minimum absolute atomic E-state index is 0.568. The molecule has 3 fully saturated rings. The topological polar surface area (TPSA) is 21.3 Å². The van der Waals surface area contributed by atoms with E-state index in [4.69, 9.17) is 4.74 Å². The fourth-order valence-corrected chi connectivity index (χ4v) is 3.21. The molecule has 0 amide bonds. The summed E-state index contributed by atoms with van der Waals surface area (Å²) in [6, 6.07) is 1.65. The van der Waals surface area contributed by atoms with Crippen LogP contribution in [0.5, 0.6) is 0 Å². The highest BCUT2D eigenvalue weighted by Gasteiger charge is 2.59. The molecule has 1 spiro atoms. The molecule has 0 heterocycles. The first-order chi connectivity index (χ1) is 6.85. The Morgan fingerprint density at radius 3 is 2.64 bits per heavy atom. The van der Waals surface area contributed by atoms with Crippen molar-refractivity contribution in [3.05, 3.63) is 0 Å². The molecule has 0 aliphatic heterocycles. The van der Waals surface area contributed by atoms with Gasteiger partial charge in [-0.25, -0.2) is 0 Å². The lowest BCUT2D eigenvalue weighted by atomic mass is 9.51. The molecule has 3 aliphatic carbocycles. The predicted octanol–water partition coefficient (Wildman–Crippen LogP) is 2.09. The lowest BCUT2D eigenvalue weighted by Crippen LogP contribution is -2.67. The van der Waals surface area contributed by atoms with Gasteiger partial charge in [-0.1, -0.05) is 6.42 Å². The first-order valence-electron chi connectivity index (χ1n) is 6.23. The van der Waals surface area contributed by atoms with Crippen molar-refractivity contribution in [3.63, 3.8) is 0 Å². The summed E-state index contributed by atoms with van der Waals surface area (Å²) in [5.41, 5.74) is 0.568. The van der Waals surface area contributed by atoms with Gasteiger partial charge in [0, 0.05) is 24.1 Å². The van der Waals surface area contributed by atoms with Crippen LogP contribution in [0.4, 0.5) is 0 Å². The lowest BCUT2D eigenvalue weighted by Gasteiger charge is -2.61. The Morgan fingerprint density at radius 2 is 2.14 bits per heavy atom. The molecule has 2 atom stereocenters. The van der Waals surface area contributed by atoms with Gasteiger partial charge in [0.2, 0.25) is 0 Å². The molecular formula is C12H21NO. The number of ether oxygens (including phenoxy) is 1. The van der Waals surface area contributed by atoms with Gasteiger partial charge in [0.1, 0.15) is 0 Å². The van der Waals surface area contributed by atoms with Gasteiger partial charge < -0.3 is 10.1 Å². The molecule has 3 aliphatic rings. The Balaban J connectivity index is 1.59. The largest absolute Gasteiger partial charge is 0.378 e. The summed E-state index contributed by atoms with van der Waals surface area (Å²) in [6.45, 7) is 3.01. The smallest absolute Gasteiger partial charge is 0.0661 e. The van der Waals surface area contributed by atoms with E-state index < -0.39 is 0 Å². The second kappa shape index (κ2) is 3.21. The highest BCUT2D eigenvalue weighted by atomic mass is 16.5. The molecule has 14 heavy (non-hydrogen) atoms. The van der Waals surface area contributed by atoms with Gasteiger partial charge in [-0.2, -0.15) is 0 Å². The van der Waals surface area contributed by atoms with E-state index in [2.05, 4.69) is 12.2 Å². The Labute approximate surface area is 86.4 Å². The number of rotatable bonds is 4. The molecule has 80 valence electrons. The summed E-state index contributed by atoms with van der Waals surface area (Å²) >= 11 is 0. The van der Waals surface area contributed by atoms with Crippen LogP contribution in [0.2, 0.25) is 0 Å². The van der Waals surface area contributed by atoms with E-state index in [-0.39, 0.29) is 0 Å². The van der Waals surface area contributed by atoms with Crippen LogP contribution < -0.4 is 5.32 Å². The minimum Gasteiger partial charge on any atom is -0.378 e. The van der Waals surface area contributed by atoms with E-state index in [0.29, 0.717) is 11.5 Å². The monoisotopic (exact) mass is 195 g/mol. The van der Waals surface area contributed by atoms with Crippen LogP contribution in [-0.4, -0.2) is 24.8 Å². The maximum atomic E-state index is 5.83. The molecule has 0 aromatic heterocycles. The third kappa shape index (κ3) is 1.24. The van der Waals surface area contributed by atoms with Crippen LogP contribution in [0.15, 0.2) is 0 Å². The van der Waals surface area contributed by atoms with Gasteiger partial charge in [-0.05, 0) is 39.0 Å². The molecule has 2 unspecified atom stereocenters. The molecule has 0 aromatic carbocycles. The van der Waals surface area contributed by atoms with Crippen molar-refractivity contribution < 1.29 is 4.74 Å². The second-order valence-corrected chi connectivity index (χ2v) is 5.26. The summed E-state index contributed by atoms with van der Waals surface area (Å²) in [6.07, 6.45) is 8.90. The van der Waals surface area contributed by atoms with Crippen LogP contribution in [0.1, 0.15) is 45.4 Å². The summed E-state index contributed by atoms with van der Waals surface area (Å²) in [5.74, 6) is 0. The van der Waals surface area contributed by atoms with E-state index in [1.165, 1.54) is 38.5 Å². The van der Waals surface area contributed by atoms with Crippen LogP contribution >= 0.6 is 0 Å². The van der Waals surface area contributed by atoms with Crippen LogP contribution in [0.3, 0.4) is 0 Å². The fourth-order valence-electron chi connectivity index (χ4n) is 3.21. The lowest BCUT2D eigenvalue weighted by molar-refractivity contribution is -0.173. The highest BCUT2D eigenvalue weighted by molar-refractivity contribution is 5.13. The molecule has 0 radical (unpaired) electrons. The second-order valence-electron chi connectivity index (χ2n) is 5.26. The van der Waals surface area contributed by atoms with Crippen molar-refractivity contribution in [2.75, 3.05) is 6.61 Å². The minimum atomic E-state index is 0.568. The summed E-state index contributed by atoms with van der Waals surface area (Å²) < 4.78 is 5.83. The Morgan fingerprint density at radius 1 is 1.36 bits per heavy atom. The molecule has 1 N–H and O–H groups in total. The molecule has 2 heteroatoms. The van der Waals surface area contributed by atoms with Crippen LogP contribution in [-0.2, 0) is 4.74 Å². The standard InChI is InChI=1S/C12H21NO/c1-2-14-11-8-10(13-9-4-5-9)12(11)6-3-7-12/h9-11,13H,2-8H2,1H3. The van der Waals surface area contributed by atoms with Gasteiger partial charge in [-0.3, -0.25) is 0 Å². The van der Waals surface area contributed by atoms with E-state index in [9.17, 15) is 0 Å². The molecule has 2 nitrogen and oxygen atoms in total. The van der Waals surface area contributed by atoms with Crippen molar-refractivity contribution in [1.82, 2.24) is 5.32 Å². The molecule has 3 rings (SSSR count). The Kier molecular flexibility index (Phi) is 2.10. The van der Waals surface area contributed by atoms with Gasteiger partial charge >= 0.3 is 0 Å². The normalized spacial score (nSPS) is 39.2. The Bertz CT molecular complexity index is 220. The SMILES string of the molecule is CCOC1CC(NC2CC2)C12CCC2. The van der Waals surface area contributed by atoms with Crippen molar-refractivity contribution in [1.29, 1.82) is 0 Å². The third-order valence-corrected chi connectivity index (χ3v) is 4.45. The molecule has 0 bridgehead atoms. The van der Waals surface area contributed by atoms with Crippen LogP contribution in [0, 0.1) is 5.41 Å². The maximum Gasteiger partial charge on any atom is 0.0661 e. The summed E-state index contributed by atoms with van der Waals surface area (Å²) in [5, 5.41) is 3.79. The quantitative estimate of drug-likeness (QED) is 0.741. The van der Waals surface area contributed by atoms with E-state index >= 15 is 0 Å². The number of nitrogens with one attached hydrogen (secondary N) is 1. The van der Waals surface area contributed by atoms with Crippen molar-refractivity contribution in [2.45, 2.75) is 63.6 Å². The number of hydrogen-bond acceptors (Lipinski definition) is 2. The van der Waals surface area contributed by atoms with E-state index in [1.54, 1.807) is 0 Å². The Hall–Kier alpha value is -0.0800. The average Bonchev–Trinajstić information content (AvgIpc) is 2.82. The van der Waals surface area contributed by atoms with Gasteiger partial charge in [-0.15, -0.1) is 0 Å². The molecule has 0 saturated heterocycles. The van der Waals surface area contributed by atoms with Crippen molar-refractivity contribution >= 4 is 0 Å². The predicted molar refractivity (Wildman–Crippen MR) is 56.3 cm³/mol. The van der Waals surface area contributed by atoms with Crippen molar-refractivity contribution in [3.8, 4) is 0 Å². The van der Waals surface area contributed by atoms with Gasteiger partial charge in [0.05, 0.1) is 6.10 Å². The van der Waals surface area contributed by atoms with Crippen molar-refractivity contribution in [2.24, 2.45) is 5.41 Å².